The van der Waals surface area contributed by atoms with Crippen LogP contribution < -0.4 is 10.1 Å². The molecule has 8 nitrogen and oxygen atoms in total. The van der Waals surface area contributed by atoms with Gasteiger partial charge in [0.05, 0.1) is 6.54 Å². The number of para-hydroxylation sites is 1. The summed E-state index contributed by atoms with van der Waals surface area (Å²) in [4.78, 5) is 34.0. The molecule has 3 heterocycles. The van der Waals surface area contributed by atoms with Crippen LogP contribution in [0.5, 0.6) is 5.75 Å². The number of pyridine rings is 1. The maximum atomic E-state index is 13.1. The number of hydrogen-bond donors (Lipinski definition) is 1. The Bertz CT molecular complexity index is 1130. The standard InChI is InChI=1S/C24H29N5O3/c1-17-8-9-22-26-19(15-29(22)14-17)24(31)28-12-11-27(3)20(16-28)23(30)25-10-13-32-21-7-5-4-6-18(21)2/h4-9,14-15,20H,10-13,16H2,1-3H3,(H,25,30)/t20-/m1/s1. The molecule has 2 aromatic heterocycles. The van der Waals surface area contributed by atoms with E-state index in [1.54, 1.807) is 11.1 Å². The molecule has 0 bridgehead atoms. The number of carbonyl (C=O) groups is 2. The first-order chi connectivity index (χ1) is 15.4. The Labute approximate surface area is 187 Å². The summed E-state index contributed by atoms with van der Waals surface area (Å²) in [5, 5.41) is 2.94. The van der Waals surface area contributed by atoms with Gasteiger partial charge in [0.25, 0.3) is 5.91 Å². The van der Waals surface area contributed by atoms with E-state index in [1.807, 2.05) is 72.8 Å². The molecule has 2 amide bonds. The fourth-order valence-corrected chi connectivity index (χ4v) is 3.88. The molecule has 1 aliphatic rings. The van der Waals surface area contributed by atoms with E-state index in [2.05, 4.69) is 10.3 Å². The number of piperazine rings is 1. The summed E-state index contributed by atoms with van der Waals surface area (Å²) in [5.74, 6) is 0.556. The molecule has 168 valence electrons. The lowest BCUT2D eigenvalue weighted by atomic mass is 10.1. The van der Waals surface area contributed by atoms with Gasteiger partial charge < -0.3 is 19.4 Å². The van der Waals surface area contributed by atoms with Crippen molar-refractivity contribution in [2.24, 2.45) is 0 Å². The average Bonchev–Trinajstić information content (AvgIpc) is 3.20. The molecule has 1 atom stereocenters. The van der Waals surface area contributed by atoms with Crippen molar-refractivity contribution in [3.8, 4) is 5.75 Å². The number of nitrogens with zero attached hydrogens (tertiary/aromatic N) is 4. The highest BCUT2D eigenvalue weighted by Gasteiger charge is 2.33. The zero-order valence-electron chi connectivity index (χ0n) is 18.7. The van der Waals surface area contributed by atoms with E-state index >= 15 is 0 Å². The highest BCUT2D eigenvalue weighted by molar-refractivity contribution is 5.93. The van der Waals surface area contributed by atoms with E-state index in [0.29, 0.717) is 38.5 Å². The molecular formula is C24H29N5O3. The van der Waals surface area contributed by atoms with Crippen LogP contribution in [0.4, 0.5) is 0 Å². The molecule has 0 unspecified atom stereocenters. The van der Waals surface area contributed by atoms with Gasteiger partial charge in [-0.15, -0.1) is 0 Å². The van der Waals surface area contributed by atoms with Crippen LogP contribution in [0.2, 0.25) is 0 Å². The van der Waals surface area contributed by atoms with Gasteiger partial charge in [0.1, 0.15) is 29.7 Å². The summed E-state index contributed by atoms with van der Waals surface area (Å²) in [6.45, 7) is 6.27. The van der Waals surface area contributed by atoms with Crippen molar-refractivity contribution in [3.63, 3.8) is 0 Å². The van der Waals surface area contributed by atoms with Gasteiger partial charge in [-0.2, -0.15) is 0 Å². The molecule has 4 rings (SSSR count). The molecule has 1 aliphatic heterocycles. The summed E-state index contributed by atoms with van der Waals surface area (Å²) in [5.41, 5.74) is 3.28. The minimum Gasteiger partial charge on any atom is -0.491 e. The SMILES string of the molecule is Cc1ccc2nc(C(=O)N3CCN(C)[C@@H](C(=O)NCCOc4ccccc4C)C3)cn2c1. The fraction of sp³-hybridized carbons (Fsp3) is 0.375. The number of rotatable bonds is 6. The van der Waals surface area contributed by atoms with Gasteiger partial charge in [-0.25, -0.2) is 4.98 Å². The highest BCUT2D eigenvalue weighted by Crippen LogP contribution is 2.16. The van der Waals surface area contributed by atoms with Crippen LogP contribution in [0, 0.1) is 13.8 Å². The molecule has 3 aromatic rings. The second-order valence-corrected chi connectivity index (χ2v) is 8.25. The Morgan fingerprint density at radius 3 is 2.75 bits per heavy atom. The second-order valence-electron chi connectivity index (χ2n) is 8.25. The number of amides is 2. The second kappa shape index (κ2) is 9.40. The molecule has 0 radical (unpaired) electrons. The average molecular weight is 436 g/mol. The maximum Gasteiger partial charge on any atom is 0.274 e. The van der Waals surface area contributed by atoms with Crippen LogP contribution in [0.1, 0.15) is 21.6 Å². The highest BCUT2D eigenvalue weighted by atomic mass is 16.5. The van der Waals surface area contributed by atoms with Gasteiger partial charge >= 0.3 is 0 Å². The van der Waals surface area contributed by atoms with Crippen LogP contribution >= 0.6 is 0 Å². The monoisotopic (exact) mass is 435 g/mol. The van der Waals surface area contributed by atoms with Crippen LogP contribution in [-0.2, 0) is 4.79 Å². The van der Waals surface area contributed by atoms with Gasteiger partial charge in [-0.05, 0) is 44.2 Å². The molecule has 0 saturated carbocycles. The summed E-state index contributed by atoms with van der Waals surface area (Å²) in [6.07, 6.45) is 3.69. The lowest BCUT2D eigenvalue weighted by molar-refractivity contribution is -0.127. The number of hydrogen-bond acceptors (Lipinski definition) is 5. The number of fused-ring (bicyclic) bond motifs is 1. The number of benzene rings is 1. The van der Waals surface area contributed by atoms with Crippen molar-refractivity contribution in [3.05, 3.63) is 65.6 Å². The van der Waals surface area contributed by atoms with Gasteiger partial charge in [0, 0.05) is 32.0 Å². The van der Waals surface area contributed by atoms with Crippen molar-refractivity contribution >= 4 is 17.5 Å². The quantitative estimate of drug-likeness (QED) is 0.599. The number of ether oxygens (including phenoxy) is 1. The third-order valence-electron chi connectivity index (χ3n) is 5.81. The summed E-state index contributed by atoms with van der Waals surface area (Å²) < 4.78 is 7.61. The lowest BCUT2D eigenvalue weighted by Crippen LogP contribution is -2.59. The first-order valence-electron chi connectivity index (χ1n) is 10.8. The van der Waals surface area contributed by atoms with E-state index < -0.39 is 6.04 Å². The zero-order chi connectivity index (χ0) is 22.7. The van der Waals surface area contributed by atoms with E-state index in [0.717, 1.165) is 22.5 Å². The van der Waals surface area contributed by atoms with Gasteiger partial charge in [-0.1, -0.05) is 24.3 Å². The summed E-state index contributed by atoms with van der Waals surface area (Å²) in [6, 6.07) is 11.2. The fourth-order valence-electron chi connectivity index (χ4n) is 3.88. The Hall–Kier alpha value is -3.39. The largest absolute Gasteiger partial charge is 0.491 e. The van der Waals surface area contributed by atoms with E-state index in [-0.39, 0.29) is 11.8 Å². The van der Waals surface area contributed by atoms with Crippen molar-refractivity contribution in [1.29, 1.82) is 0 Å². The predicted octanol–water partition coefficient (Wildman–Crippen LogP) is 1.90. The van der Waals surface area contributed by atoms with E-state index in [9.17, 15) is 9.59 Å². The number of likely N-dealkylation sites (N-methyl/N-ethyl adjacent to an activating group) is 1. The molecule has 0 spiro atoms. The number of aryl methyl sites for hydroxylation is 2. The number of carbonyl (C=O) groups excluding carboxylic acids is 2. The zero-order valence-corrected chi connectivity index (χ0v) is 18.7. The number of imidazole rings is 1. The smallest absolute Gasteiger partial charge is 0.274 e. The van der Waals surface area contributed by atoms with Crippen LogP contribution in [0.3, 0.4) is 0 Å². The third-order valence-corrected chi connectivity index (χ3v) is 5.81. The van der Waals surface area contributed by atoms with Crippen LogP contribution in [0.15, 0.2) is 48.8 Å². The van der Waals surface area contributed by atoms with Crippen LogP contribution in [-0.4, -0.2) is 76.9 Å². The van der Waals surface area contributed by atoms with Crippen molar-refractivity contribution in [1.82, 2.24) is 24.5 Å². The molecule has 1 saturated heterocycles. The van der Waals surface area contributed by atoms with E-state index in [1.165, 1.54) is 0 Å². The van der Waals surface area contributed by atoms with Gasteiger partial charge in [0.15, 0.2) is 0 Å². The molecule has 0 aliphatic carbocycles. The first kappa shape index (κ1) is 21.8. The minimum atomic E-state index is -0.412. The van der Waals surface area contributed by atoms with Crippen molar-refractivity contribution in [2.75, 3.05) is 39.8 Å². The normalized spacial score (nSPS) is 16.8. The Morgan fingerprint density at radius 1 is 1.12 bits per heavy atom. The summed E-state index contributed by atoms with van der Waals surface area (Å²) >= 11 is 0. The van der Waals surface area contributed by atoms with Gasteiger partial charge in [-0.3, -0.25) is 14.5 Å². The molecule has 8 heteroatoms. The molecule has 1 fully saturated rings. The Balaban J connectivity index is 1.34. The van der Waals surface area contributed by atoms with Crippen molar-refractivity contribution < 1.29 is 14.3 Å². The van der Waals surface area contributed by atoms with E-state index in [4.69, 9.17) is 4.74 Å². The molecule has 32 heavy (non-hydrogen) atoms. The predicted molar refractivity (Wildman–Crippen MR) is 122 cm³/mol. The maximum absolute atomic E-state index is 13.1. The van der Waals surface area contributed by atoms with Crippen molar-refractivity contribution in [2.45, 2.75) is 19.9 Å². The molecule has 1 N–H and O–H groups in total. The molecule has 1 aromatic carbocycles. The Morgan fingerprint density at radius 2 is 1.94 bits per heavy atom. The topological polar surface area (TPSA) is 79.2 Å². The number of aromatic nitrogens is 2. The third kappa shape index (κ3) is 4.75. The number of nitrogens with one attached hydrogen (secondary N) is 1. The molecular weight excluding hydrogens is 406 g/mol. The van der Waals surface area contributed by atoms with Gasteiger partial charge in [0.2, 0.25) is 5.91 Å². The summed E-state index contributed by atoms with van der Waals surface area (Å²) in [7, 11) is 1.91. The first-order valence-corrected chi connectivity index (χ1v) is 10.8. The Kier molecular flexibility index (Phi) is 6.41. The minimum absolute atomic E-state index is 0.107. The lowest BCUT2D eigenvalue weighted by Gasteiger charge is -2.38. The van der Waals surface area contributed by atoms with Crippen LogP contribution in [0.25, 0.3) is 5.65 Å².